The number of unbranched alkanes of at least 4 members (excludes halogenated alkanes) is 6. The molecule has 0 aliphatic heterocycles. The highest BCUT2D eigenvalue weighted by atomic mass is 19.1. The van der Waals surface area contributed by atoms with E-state index in [0.717, 1.165) is 43.2 Å². The Bertz CT molecular complexity index is 684. The maximum Gasteiger partial charge on any atom is 0.162 e. The lowest BCUT2D eigenvalue weighted by molar-refractivity contribution is 0.331. The van der Waals surface area contributed by atoms with Crippen molar-refractivity contribution in [1.82, 2.24) is 9.97 Å². The lowest BCUT2D eigenvalue weighted by Gasteiger charge is -2.07. The molecule has 2 aromatic rings. The van der Waals surface area contributed by atoms with E-state index in [0.29, 0.717) is 17.8 Å². The predicted molar refractivity (Wildman–Crippen MR) is 113 cm³/mol. The fourth-order valence-electron chi connectivity index (χ4n) is 3.38. The van der Waals surface area contributed by atoms with Gasteiger partial charge in [0.15, 0.2) is 5.82 Å². The summed E-state index contributed by atoms with van der Waals surface area (Å²) in [5.41, 5.74) is 2.50. The van der Waals surface area contributed by atoms with Gasteiger partial charge < -0.3 is 0 Å². The van der Waals surface area contributed by atoms with Crippen LogP contribution < -0.4 is 0 Å². The second kappa shape index (κ2) is 12.6. The van der Waals surface area contributed by atoms with Crippen LogP contribution in [0.2, 0.25) is 0 Å². The quantitative estimate of drug-likeness (QED) is 0.338. The number of aryl methyl sites for hydroxylation is 2. The van der Waals surface area contributed by atoms with Crippen molar-refractivity contribution >= 4 is 0 Å². The largest absolute Gasteiger partial charge is 0.248 e. The normalized spacial score (nSPS) is 12.3. The Labute approximate surface area is 168 Å². The first-order valence-corrected chi connectivity index (χ1v) is 10.8. The van der Waals surface area contributed by atoms with Gasteiger partial charge in [-0.25, -0.2) is 18.7 Å². The van der Waals surface area contributed by atoms with E-state index in [1.165, 1.54) is 32.1 Å². The van der Waals surface area contributed by atoms with Crippen LogP contribution in [0.1, 0.15) is 82.8 Å². The van der Waals surface area contributed by atoms with Gasteiger partial charge in [-0.15, -0.1) is 0 Å². The molecule has 0 aliphatic carbocycles. The van der Waals surface area contributed by atoms with E-state index >= 15 is 0 Å². The summed E-state index contributed by atoms with van der Waals surface area (Å²) in [6.07, 6.45) is 14.3. The van der Waals surface area contributed by atoms with Crippen molar-refractivity contribution in [2.24, 2.45) is 0 Å². The predicted octanol–water partition coefficient (Wildman–Crippen LogP) is 7.26. The fourth-order valence-corrected chi connectivity index (χ4v) is 3.38. The summed E-state index contributed by atoms with van der Waals surface area (Å²) in [7, 11) is 0. The number of nitrogens with zero attached hydrogens (tertiary/aromatic N) is 2. The molecule has 0 saturated carbocycles. The van der Waals surface area contributed by atoms with E-state index in [-0.39, 0.29) is 5.82 Å². The second-order valence-electron chi connectivity index (χ2n) is 7.77. The van der Waals surface area contributed by atoms with Crippen molar-refractivity contribution in [3.8, 4) is 11.4 Å². The van der Waals surface area contributed by atoms with Crippen LogP contribution in [0.4, 0.5) is 8.78 Å². The van der Waals surface area contributed by atoms with Gasteiger partial charge >= 0.3 is 0 Å². The van der Waals surface area contributed by atoms with Gasteiger partial charge in [-0.05, 0) is 62.3 Å². The minimum Gasteiger partial charge on any atom is -0.248 e. The Morgan fingerprint density at radius 2 is 1.50 bits per heavy atom. The molecule has 1 aromatic carbocycles. The van der Waals surface area contributed by atoms with Gasteiger partial charge in [-0.3, -0.25) is 0 Å². The smallest absolute Gasteiger partial charge is 0.162 e. The van der Waals surface area contributed by atoms with Crippen molar-refractivity contribution in [2.75, 3.05) is 0 Å². The van der Waals surface area contributed by atoms with Crippen LogP contribution in [0, 0.1) is 5.82 Å². The highest BCUT2D eigenvalue weighted by molar-refractivity contribution is 5.56. The number of alkyl halides is 1. The molecule has 1 aromatic heterocycles. The molecule has 1 unspecified atom stereocenters. The average molecular weight is 389 g/mol. The van der Waals surface area contributed by atoms with E-state index in [9.17, 15) is 8.78 Å². The van der Waals surface area contributed by atoms with Crippen molar-refractivity contribution in [3.63, 3.8) is 0 Å². The van der Waals surface area contributed by atoms with Crippen LogP contribution >= 0.6 is 0 Å². The van der Waals surface area contributed by atoms with Gasteiger partial charge in [0.25, 0.3) is 0 Å². The summed E-state index contributed by atoms with van der Waals surface area (Å²) in [4.78, 5) is 8.66. The van der Waals surface area contributed by atoms with Crippen LogP contribution in [0.5, 0.6) is 0 Å². The Morgan fingerprint density at radius 1 is 0.857 bits per heavy atom. The highest BCUT2D eigenvalue weighted by Gasteiger charge is 2.09. The van der Waals surface area contributed by atoms with E-state index in [2.05, 4.69) is 16.9 Å². The Morgan fingerprint density at radius 3 is 2.18 bits per heavy atom. The molecule has 0 saturated heterocycles. The van der Waals surface area contributed by atoms with E-state index in [1.807, 2.05) is 6.07 Å². The number of hydrogen-bond acceptors (Lipinski definition) is 2. The second-order valence-corrected chi connectivity index (χ2v) is 7.77. The number of hydrogen-bond donors (Lipinski definition) is 0. The minimum atomic E-state index is -0.745. The van der Waals surface area contributed by atoms with Crippen molar-refractivity contribution < 1.29 is 8.78 Å². The summed E-state index contributed by atoms with van der Waals surface area (Å²) in [6, 6.07) is 5.40. The summed E-state index contributed by atoms with van der Waals surface area (Å²) in [5, 5.41) is 0. The molecule has 28 heavy (non-hydrogen) atoms. The van der Waals surface area contributed by atoms with Crippen molar-refractivity contribution in [1.29, 1.82) is 0 Å². The van der Waals surface area contributed by atoms with E-state index in [1.54, 1.807) is 31.5 Å². The Kier molecular flexibility index (Phi) is 10.1. The summed E-state index contributed by atoms with van der Waals surface area (Å²) in [6.45, 7) is 3.81. The first kappa shape index (κ1) is 22.4. The van der Waals surface area contributed by atoms with Gasteiger partial charge in [-0.1, -0.05) is 51.5 Å². The fraction of sp³-hybridized carbons (Fsp3) is 0.583. The minimum absolute atomic E-state index is 0.256. The number of benzene rings is 1. The van der Waals surface area contributed by atoms with Crippen molar-refractivity contribution in [2.45, 2.75) is 90.6 Å². The first-order chi connectivity index (χ1) is 13.6. The maximum atomic E-state index is 14.5. The SMILES string of the molecule is CCCCCCCCc1ccc(-c2ncc(CCCCC(C)F)cn2)c(F)c1. The molecule has 1 atom stereocenters. The Hall–Kier alpha value is -1.84. The van der Waals surface area contributed by atoms with Gasteiger partial charge in [0, 0.05) is 12.4 Å². The monoisotopic (exact) mass is 388 g/mol. The molecule has 0 fully saturated rings. The number of halogens is 2. The molecule has 2 nitrogen and oxygen atoms in total. The molecule has 0 amide bonds. The summed E-state index contributed by atoms with van der Waals surface area (Å²) >= 11 is 0. The van der Waals surface area contributed by atoms with Crippen LogP contribution in [0.25, 0.3) is 11.4 Å². The first-order valence-electron chi connectivity index (χ1n) is 10.8. The zero-order chi connectivity index (χ0) is 20.2. The molecular formula is C24H34F2N2. The molecule has 0 aliphatic rings. The molecule has 4 heteroatoms. The highest BCUT2D eigenvalue weighted by Crippen LogP contribution is 2.21. The molecule has 0 radical (unpaired) electrons. The van der Waals surface area contributed by atoms with Gasteiger partial charge in [0.1, 0.15) is 5.82 Å². The Balaban J connectivity index is 1.84. The lowest BCUT2D eigenvalue weighted by atomic mass is 10.0. The van der Waals surface area contributed by atoms with E-state index in [4.69, 9.17) is 0 Å². The van der Waals surface area contributed by atoms with E-state index < -0.39 is 6.17 Å². The zero-order valence-electron chi connectivity index (χ0n) is 17.4. The van der Waals surface area contributed by atoms with Gasteiger partial charge in [0.05, 0.1) is 11.7 Å². The molecule has 0 spiro atoms. The van der Waals surface area contributed by atoms with Crippen LogP contribution in [-0.2, 0) is 12.8 Å². The molecule has 154 valence electrons. The lowest BCUT2D eigenvalue weighted by Crippen LogP contribution is -1.97. The maximum absolute atomic E-state index is 14.5. The number of aromatic nitrogens is 2. The summed E-state index contributed by atoms with van der Waals surface area (Å²) in [5.74, 6) is 0.165. The van der Waals surface area contributed by atoms with Crippen LogP contribution in [-0.4, -0.2) is 16.1 Å². The zero-order valence-corrected chi connectivity index (χ0v) is 17.4. The molecular weight excluding hydrogens is 354 g/mol. The molecule has 0 N–H and O–H groups in total. The standard InChI is InChI=1S/C24H34F2N2/c1-3-4-5-6-7-8-12-20-14-15-22(23(26)16-20)24-27-17-21(18-28-24)13-10-9-11-19(2)25/h14-19H,3-13H2,1-2H3. The average Bonchev–Trinajstić information content (AvgIpc) is 2.68. The van der Waals surface area contributed by atoms with Gasteiger partial charge in [-0.2, -0.15) is 0 Å². The third kappa shape index (κ3) is 8.04. The third-order valence-corrected chi connectivity index (χ3v) is 5.12. The topological polar surface area (TPSA) is 25.8 Å². The van der Waals surface area contributed by atoms with Crippen LogP contribution in [0.15, 0.2) is 30.6 Å². The third-order valence-electron chi connectivity index (χ3n) is 5.12. The molecule has 0 bridgehead atoms. The van der Waals surface area contributed by atoms with Gasteiger partial charge in [0.2, 0.25) is 0 Å². The molecule has 2 rings (SSSR count). The summed E-state index contributed by atoms with van der Waals surface area (Å²) < 4.78 is 27.3. The van der Waals surface area contributed by atoms with Crippen molar-refractivity contribution in [3.05, 3.63) is 47.5 Å². The molecule has 1 heterocycles. The number of rotatable bonds is 13. The van der Waals surface area contributed by atoms with Crippen LogP contribution in [0.3, 0.4) is 0 Å².